The first-order valence-electron chi connectivity index (χ1n) is 8.20. The Morgan fingerprint density at radius 1 is 1.07 bits per heavy atom. The van der Waals surface area contributed by atoms with Crippen LogP contribution < -0.4 is 5.32 Å². The number of aromatic nitrogens is 3. The second-order valence-electron chi connectivity index (χ2n) is 5.88. The number of benzene rings is 1. The molecule has 3 aromatic rings. The lowest BCUT2D eigenvalue weighted by Crippen LogP contribution is -2.16. The molecule has 0 saturated heterocycles. The van der Waals surface area contributed by atoms with E-state index in [9.17, 15) is 14.0 Å². The topological polar surface area (TPSA) is 97.1 Å². The summed E-state index contributed by atoms with van der Waals surface area (Å²) in [5.41, 5.74) is 2.67. The predicted octanol–water partition coefficient (Wildman–Crippen LogP) is 3.09. The van der Waals surface area contributed by atoms with Crippen molar-refractivity contribution in [3.8, 4) is 22.4 Å². The highest BCUT2D eigenvalue weighted by atomic mass is 19.1. The Bertz CT molecular complexity index is 969. The normalized spacial score (nSPS) is 10.6. The number of hydrogen-bond acceptors (Lipinski definition) is 4. The third-order valence-electron chi connectivity index (χ3n) is 3.96. The fourth-order valence-corrected chi connectivity index (χ4v) is 2.68. The SMILES string of the molecule is Cn1nc(-c2ccc(F)cc2)c(-c2ccncc2)c1NC(=O)CCC(=O)O. The minimum atomic E-state index is -1.04. The largest absolute Gasteiger partial charge is 0.481 e. The lowest BCUT2D eigenvalue weighted by Gasteiger charge is -2.09. The highest BCUT2D eigenvalue weighted by molar-refractivity contribution is 5.98. The number of carboxylic acid groups (broad SMARTS) is 1. The molecule has 1 aromatic carbocycles. The van der Waals surface area contributed by atoms with Crippen LogP contribution in [-0.2, 0) is 16.6 Å². The van der Waals surface area contributed by atoms with Gasteiger partial charge in [-0.2, -0.15) is 5.10 Å². The Morgan fingerprint density at radius 2 is 1.74 bits per heavy atom. The van der Waals surface area contributed by atoms with Crippen LogP contribution >= 0.6 is 0 Å². The monoisotopic (exact) mass is 368 g/mol. The smallest absolute Gasteiger partial charge is 0.303 e. The maximum absolute atomic E-state index is 13.3. The lowest BCUT2D eigenvalue weighted by molar-refractivity contribution is -0.138. The average Bonchev–Trinajstić information content (AvgIpc) is 2.97. The zero-order valence-corrected chi connectivity index (χ0v) is 14.5. The summed E-state index contributed by atoms with van der Waals surface area (Å²) in [6.07, 6.45) is 2.82. The Balaban J connectivity index is 2.06. The number of aryl methyl sites for hydroxylation is 1. The van der Waals surface area contributed by atoms with Crippen molar-refractivity contribution < 1.29 is 19.1 Å². The second kappa shape index (κ2) is 7.77. The van der Waals surface area contributed by atoms with Gasteiger partial charge in [-0.05, 0) is 42.0 Å². The Kier molecular flexibility index (Phi) is 5.25. The van der Waals surface area contributed by atoms with Crippen LogP contribution in [0.4, 0.5) is 10.2 Å². The van der Waals surface area contributed by atoms with Crippen molar-refractivity contribution in [3.05, 3.63) is 54.6 Å². The van der Waals surface area contributed by atoms with Crippen molar-refractivity contribution >= 4 is 17.7 Å². The summed E-state index contributed by atoms with van der Waals surface area (Å²) in [6, 6.07) is 9.45. The third-order valence-corrected chi connectivity index (χ3v) is 3.96. The van der Waals surface area contributed by atoms with Gasteiger partial charge < -0.3 is 10.4 Å². The molecule has 0 fully saturated rings. The number of hydrogen-bond donors (Lipinski definition) is 2. The standard InChI is InChI=1S/C19H17FN4O3/c1-24-19(22-15(25)6-7-16(26)27)17(12-8-10-21-11-9-12)18(23-24)13-2-4-14(20)5-3-13/h2-5,8-11H,6-7H2,1H3,(H,22,25)(H,26,27). The van der Waals surface area contributed by atoms with Gasteiger partial charge in [-0.1, -0.05) is 0 Å². The number of rotatable bonds is 6. The van der Waals surface area contributed by atoms with Crippen LogP contribution in [0, 0.1) is 5.82 Å². The maximum atomic E-state index is 13.3. The van der Waals surface area contributed by atoms with E-state index in [4.69, 9.17) is 5.11 Å². The fraction of sp³-hybridized carbons (Fsp3) is 0.158. The third kappa shape index (κ3) is 4.17. The molecule has 8 heteroatoms. The van der Waals surface area contributed by atoms with Gasteiger partial charge in [0.15, 0.2) is 0 Å². The molecule has 2 aromatic heterocycles. The van der Waals surface area contributed by atoms with E-state index in [1.165, 1.54) is 16.8 Å². The van der Waals surface area contributed by atoms with Crippen LogP contribution in [0.15, 0.2) is 48.8 Å². The van der Waals surface area contributed by atoms with Crippen molar-refractivity contribution in [2.75, 3.05) is 5.32 Å². The van der Waals surface area contributed by atoms with Crippen molar-refractivity contribution in [2.24, 2.45) is 7.05 Å². The summed E-state index contributed by atoms with van der Waals surface area (Å²) in [5.74, 6) is -1.41. The van der Waals surface area contributed by atoms with Crippen LogP contribution in [-0.4, -0.2) is 31.7 Å². The van der Waals surface area contributed by atoms with Crippen LogP contribution in [0.5, 0.6) is 0 Å². The average molecular weight is 368 g/mol. The first-order valence-corrected chi connectivity index (χ1v) is 8.20. The molecule has 0 unspecified atom stereocenters. The zero-order valence-electron chi connectivity index (χ0n) is 14.5. The van der Waals surface area contributed by atoms with Gasteiger partial charge in [-0.15, -0.1) is 0 Å². The van der Waals surface area contributed by atoms with Gasteiger partial charge in [-0.25, -0.2) is 4.39 Å². The molecule has 2 heterocycles. The van der Waals surface area contributed by atoms with E-state index >= 15 is 0 Å². The quantitative estimate of drug-likeness (QED) is 0.697. The molecule has 138 valence electrons. The number of pyridine rings is 1. The zero-order chi connectivity index (χ0) is 19.4. The van der Waals surface area contributed by atoms with Crippen LogP contribution in [0.2, 0.25) is 0 Å². The van der Waals surface area contributed by atoms with E-state index in [0.29, 0.717) is 22.6 Å². The molecule has 27 heavy (non-hydrogen) atoms. The minimum absolute atomic E-state index is 0.151. The molecular formula is C19H17FN4O3. The van der Waals surface area contributed by atoms with Crippen LogP contribution in [0.3, 0.4) is 0 Å². The molecule has 3 rings (SSSR count). The van der Waals surface area contributed by atoms with E-state index in [0.717, 1.165) is 5.56 Å². The van der Waals surface area contributed by atoms with Gasteiger partial charge >= 0.3 is 5.97 Å². The second-order valence-corrected chi connectivity index (χ2v) is 5.88. The minimum Gasteiger partial charge on any atom is -0.481 e. The molecular weight excluding hydrogens is 351 g/mol. The summed E-state index contributed by atoms with van der Waals surface area (Å²) in [5, 5.41) is 16.0. The number of nitrogens with zero attached hydrogens (tertiary/aromatic N) is 3. The van der Waals surface area contributed by atoms with Gasteiger partial charge in [0.2, 0.25) is 5.91 Å². The first kappa shape index (κ1) is 18.2. The molecule has 0 aliphatic heterocycles. The van der Waals surface area contributed by atoms with Crippen molar-refractivity contribution in [2.45, 2.75) is 12.8 Å². The van der Waals surface area contributed by atoms with E-state index in [1.807, 2.05) is 0 Å². The molecule has 0 bridgehead atoms. The van der Waals surface area contributed by atoms with Crippen LogP contribution in [0.1, 0.15) is 12.8 Å². The number of nitrogens with one attached hydrogen (secondary N) is 1. The number of anilines is 1. The van der Waals surface area contributed by atoms with Gasteiger partial charge in [0.1, 0.15) is 17.3 Å². The number of carbonyl (C=O) groups is 2. The van der Waals surface area contributed by atoms with E-state index in [2.05, 4.69) is 15.4 Å². The molecule has 2 N–H and O–H groups in total. The van der Waals surface area contributed by atoms with Gasteiger partial charge in [-0.3, -0.25) is 19.3 Å². The van der Waals surface area contributed by atoms with E-state index < -0.39 is 11.9 Å². The maximum Gasteiger partial charge on any atom is 0.303 e. The number of carboxylic acids is 1. The predicted molar refractivity (Wildman–Crippen MR) is 97.3 cm³/mol. The highest BCUT2D eigenvalue weighted by Gasteiger charge is 2.21. The Morgan fingerprint density at radius 3 is 2.37 bits per heavy atom. The molecule has 0 atom stereocenters. The van der Waals surface area contributed by atoms with Gasteiger partial charge in [0, 0.05) is 31.4 Å². The summed E-state index contributed by atoms with van der Waals surface area (Å²) in [6.45, 7) is 0. The van der Waals surface area contributed by atoms with Crippen molar-refractivity contribution in [3.63, 3.8) is 0 Å². The van der Waals surface area contributed by atoms with E-state index in [1.54, 1.807) is 43.7 Å². The molecule has 0 aliphatic carbocycles. The summed E-state index contributed by atoms with van der Waals surface area (Å²) in [4.78, 5) is 26.9. The number of halogens is 1. The molecule has 1 amide bonds. The van der Waals surface area contributed by atoms with Gasteiger partial charge in [0.25, 0.3) is 0 Å². The fourth-order valence-electron chi connectivity index (χ4n) is 2.68. The summed E-state index contributed by atoms with van der Waals surface area (Å²) in [7, 11) is 1.67. The molecule has 7 nitrogen and oxygen atoms in total. The lowest BCUT2D eigenvalue weighted by atomic mass is 10.0. The van der Waals surface area contributed by atoms with E-state index in [-0.39, 0.29) is 18.7 Å². The Hall–Kier alpha value is -3.55. The Labute approximate surface area is 154 Å². The van der Waals surface area contributed by atoms with Crippen LogP contribution in [0.25, 0.3) is 22.4 Å². The van der Waals surface area contributed by atoms with Crippen molar-refractivity contribution in [1.82, 2.24) is 14.8 Å². The number of aliphatic carboxylic acids is 1. The number of amides is 1. The molecule has 0 radical (unpaired) electrons. The highest BCUT2D eigenvalue weighted by Crippen LogP contribution is 2.37. The molecule has 0 aliphatic rings. The van der Waals surface area contributed by atoms with Crippen molar-refractivity contribution in [1.29, 1.82) is 0 Å². The summed E-state index contributed by atoms with van der Waals surface area (Å²) < 4.78 is 14.8. The van der Waals surface area contributed by atoms with Gasteiger partial charge in [0.05, 0.1) is 12.0 Å². The molecule has 0 spiro atoms. The number of carbonyl (C=O) groups excluding carboxylic acids is 1. The summed E-state index contributed by atoms with van der Waals surface area (Å²) >= 11 is 0. The molecule has 0 saturated carbocycles. The first-order chi connectivity index (χ1) is 13.0.